The summed E-state index contributed by atoms with van der Waals surface area (Å²) in [6, 6.07) is 6.65. The van der Waals surface area contributed by atoms with Crippen LogP contribution in [0.2, 0.25) is 0 Å². The van der Waals surface area contributed by atoms with Crippen LogP contribution in [0.1, 0.15) is 24.2 Å². The zero-order valence-corrected chi connectivity index (χ0v) is 11.3. The Kier molecular flexibility index (Phi) is 5.36. The number of carboxylic acids is 1. The van der Waals surface area contributed by atoms with Crippen molar-refractivity contribution in [1.82, 2.24) is 5.32 Å². The van der Waals surface area contributed by atoms with Crippen molar-refractivity contribution in [2.24, 2.45) is 11.8 Å². The van der Waals surface area contributed by atoms with E-state index in [0.29, 0.717) is 11.3 Å². The maximum absolute atomic E-state index is 11.8. The summed E-state index contributed by atoms with van der Waals surface area (Å²) in [6.07, 6.45) is 0. The Hall–Kier alpha value is -2.04. The zero-order chi connectivity index (χ0) is 14.4. The largest absolute Gasteiger partial charge is 0.497 e. The van der Waals surface area contributed by atoms with Crippen molar-refractivity contribution in [3.63, 3.8) is 0 Å². The Morgan fingerprint density at radius 2 is 1.84 bits per heavy atom. The molecule has 104 valence electrons. The normalized spacial score (nSPS) is 12.0. The van der Waals surface area contributed by atoms with Gasteiger partial charge >= 0.3 is 5.97 Å². The summed E-state index contributed by atoms with van der Waals surface area (Å²) in [6.45, 7) is 3.76. The molecule has 0 heterocycles. The fourth-order valence-electron chi connectivity index (χ4n) is 1.66. The lowest BCUT2D eigenvalue weighted by Gasteiger charge is -2.16. The molecule has 0 aliphatic carbocycles. The highest BCUT2D eigenvalue weighted by Gasteiger charge is 2.22. The molecule has 5 nitrogen and oxygen atoms in total. The van der Waals surface area contributed by atoms with E-state index in [1.54, 1.807) is 31.4 Å². The van der Waals surface area contributed by atoms with E-state index in [1.165, 1.54) is 0 Å². The van der Waals surface area contributed by atoms with E-state index in [-0.39, 0.29) is 18.4 Å². The number of carbonyl (C=O) groups is 2. The number of nitrogens with one attached hydrogen (secondary N) is 1. The Morgan fingerprint density at radius 1 is 1.26 bits per heavy atom. The molecule has 0 saturated carbocycles. The number of hydrogen-bond donors (Lipinski definition) is 2. The smallest absolute Gasteiger partial charge is 0.308 e. The molecule has 2 N–H and O–H groups in total. The number of amides is 1. The van der Waals surface area contributed by atoms with E-state index in [9.17, 15) is 9.59 Å². The average molecular weight is 265 g/mol. The molecule has 0 aliphatic rings. The van der Waals surface area contributed by atoms with Crippen LogP contribution in [0.3, 0.4) is 0 Å². The summed E-state index contributed by atoms with van der Waals surface area (Å²) in [4.78, 5) is 22.9. The van der Waals surface area contributed by atoms with Crippen LogP contribution in [-0.2, 0) is 4.79 Å². The second kappa shape index (κ2) is 6.78. The van der Waals surface area contributed by atoms with Gasteiger partial charge in [-0.1, -0.05) is 13.8 Å². The summed E-state index contributed by atoms with van der Waals surface area (Å²) in [5.74, 6) is -1.13. The van der Waals surface area contributed by atoms with Crippen molar-refractivity contribution in [2.75, 3.05) is 13.7 Å². The Morgan fingerprint density at radius 3 is 2.26 bits per heavy atom. The van der Waals surface area contributed by atoms with Crippen molar-refractivity contribution in [1.29, 1.82) is 0 Å². The minimum absolute atomic E-state index is 0.0336. The van der Waals surface area contributed by atoms with Crippen molar-refractivity contribution in [3.8, 4) is 5.75 Å². The highest BCUT2D eigenvalue weighted by molar-refractivity contribution is 5.94. The third-order valence-corrected chi connectivity index (χ3v) is 2.96. The predicted octanol–water partition coefficient (Wildman–Crippen LogP) is 1.78. The van der Waals surface area contributed by atoms with Gasteiger partial charge in [-0.05, 0) is 30.2 Å². The van der Waals surface area contributed by atoms with Crippen LogP contribution in [0, 0.1) is 11.8 Å². The molecule has 0 aromatic heterocycles. The SMILES string of the molecule is COc1ccc(C(=O)NCC(C(=O)O)C(C)C)cc1. The summed E-state index contributed by atoms with van der Waals surface area (Å²) >= 11 is 0. The molecule has 1 atom stereocenters. The lowest BCUT2D eigenvalue weighted by Crippen LogP contribution is -2.35. The van der Waals surface area contributed by atoms with Crippen LogP contribution in [0.4, 0.5) is 0 Å². The highest BCUT2D eigenvalue weighted by Crippen LogP contribution is 2.12. The van der Waals surface area contributed by atoms with Crippen LogP contribution in [0.15, 0.2) is 24.3 Å². The van der Waals surface area contributed by atoms with Gasteiger partial charge in [0, 0.05) is 12.1 Å². The molecule has 1 unspecified atom stereocenters. The maximum Gasteiger partial charge on any atom is 0.308 e. The Labute approximate surface area is 112 Å². The molecular formula is C14H19NO4. The molecule has 1 aromatic carbocycles. The second-order valence-electron chi connectivity index (χ2n) is 4.63. The van der Waals surface area contributed by atoms with E-state index in [2.05, 4.69) is 5.32 Å². The molecule has 1 rings (SSSR count). The lowest BCUT2D eigenvalue weighted by molar-refractivity contribution is -0.142. The van der Waals surface area contributed by atoms with Crippen molar-refractivity contribution < 1.29 is 19.4 Å². The van der Waals surface area contributed by atoms with Crippen LogP contribution >= 0.6 is 0 Å². The number of carbonyl (C=O) groups excluding carboxylic acids is 1. The van der Waals surface area contributed by atoms with Gasteiger partial charge < -0.3 is 15.2 Å². The molecule has 19 heavy (non-hydrogen) atoms. The van der Waals surface area contributed by atoms with E-state index < -0.39 is 11.9 Å². The first-order valence-corrected chi connectivity index (χ1v) is 6.10. The molecule has 0 bridgehead atoms. The number of carboxylic acid groups (broad SMARTS) is 1. The van der Waals surface area contributed by atoms with Crippen LogP contribution < -0.4 is 10.1 Å². The summed E-state index contributed by atoms with van der Waals surface area (Å²) in [7, 11) is 1.55. The number of aliphatic carboxylic acids is 1. The third kappa shape index (κ3) is 4.28. The van der Waals surface area contributed by atoms with Gasteiger partial charge in [0.15, 0.2) is 0 Å². The first kappa shape index (κ1) is 15.0. The number of methoxy groups -OCH3 is 1. The van der Waals surface area contributed by atoms with E-state index >= 15 is 0 Å². The van der Waals surface area contributed by atoms with Gasteiger partial charge in [-0.2, -0.15) is 0 Å². The Bertz CT molecular complexity index is 439. The van der Waals surface area contributed by atoms with Crippen molar-refractivity contribution in [2.45, 2.75) is 13.8 Å². The van der Waals surface area contributed by atoms with Crippen molar-refractivity contribution >= 4 is 11.9 Å². The highest BCUT2D eigenvalue weighted by atomic mass is 16.5. The average Bonchev–Trinajstić information content (AvgIpc) is 2.38. The standard InChI is InChI=1S/C14H19NO4/c1-9(2)12(14(17)18)8-15-13(16)10-4-6-11(19-3)7-5-10/h4-7,9,12H,8H2,1-3H3,(H,15,16)(H,17,18). The van der Waals surface area contributed by atoms with E-state index in [1.807, 2.05) is 13.8 Å². The second-order valence-corrected chi connectivity index (χ2v) is 4.63. The van der Waals surface area contributed by atoms with Gasteiger partial charge in [-0.3, -0.25) is 9.59 Å². The molecule has 0 radical (unpaired) electrons. The van der Waals surface area contributed by atoms with Gasteiger partial charge in [-0.15, -0.1) is 0 Å². The summed E-state index contributed by atoms with van der Waals surface area (Å²) < 4.78 is 5.00. The lowest BCUT2D eigenvalue weighted by atomic mass is 9.96. The topological polar surface area (TPSA) is 75.6 Å². The molecule has 0 spiro atoms. The van der Waals surface area contributed by atoms with Gasteiger partial charge in [-0.25, -0.2) is 0 Å². The quantitative estimate of drug-likeness (QED) is 0.822. The third-order valence-electron chi connectivity index (χ3n) is 2.96. The summed E-state index contributed by atoms with van der Waals surface area (Å²) in [5.41, 5.74) is 0.480. The van der Waals surface area contributed by atoms with Gasteiger partial charge in [0.1, 0.15) is 5.75 Å². The fourth-order valence-corrected chi connectivity index (χ4v) is 1.66. The minimum Gasteiger partial charge on any atom is -0.497 e. The molecule has 1 aromatic rings. The van der Waals surface area contributed by atoms with Crippen LogP contribution in [-0.4, -0.2) is 30.6 Å². The zero-order valence-electron chi connectivity index (χ0n) is 11.3. The maximum atomic E-state index is 11.8. The molecule has 0 saturated heterocycles. The van der Waals surface area contributed by atoms with Gasteiger partial charge in [0.25, 0.3) is 5.91 Å². The van der Waals surface area contributed by atoms with Crippen LogP contribution in [0.5, 0.6) is 5.75 Å². The Balaban J connectivity index is 2.61. The van der Waals surface area contributed by atoms with E-state index in [0.717, 1.165) is 0 Å². The first-order chi connectivity index (χ1) is 8.95. The van der Waals surface area contributed by atoms with E-state index in [4.69, 9.17) is 9.84 Å². The minimum atomic E-state index is -0.898. The fraction of sp³-hybridized carbons (Fsp3) is 0.429. The number of hydrogen-bond acceptors (Lipinski definition) is 3. The molecule has 1 amide bonds. The van der Waals surface area contributed by atoms with Crippen LogP contribution in [0.25, 0.3) is 0 Å². The van der Waals surface area contributed by atoms with Gasteiger partial charge in [0.05, 0.1) is 13.0 Å². The molecule has 0 aliphatic heterocycles. The summed E-state index contributed by atoms with van der Waals surface area (Å²) in [5, 5.41) is 11.7. The number of ether oxygens (including phenoxy) is 1. The monoisotopic (exact) mass is 265 g/mol. The molecular weight excluding hydrogens is 246 g/mol. The molecule has 0 fully saturated rings. The number of benzene rings is 1. The first-order valence-electron chi connectivity index (χ1n) is 6.10. The number of rotatable bonds is 6. The predicted molar refractivity (Wildman–Crippen MR) is 71.3 cm³/mol. The molecule has 5 heteroatoms. The van der Waals surface area contributed by atoms with Crippen molar-refractivity contribution in [3.05, 3.63) is 29.8 Å². The van der Waals surface area contributed by atoms with Gasteiger partial charge in [0.2, 0.25) is 0 Å².